The molecule has 2 rings (SSSR count). The van der Waals surface area contributed by atoms with E-state index in [1.807, 2.05) is 26.8 Å². The van der Waals surface area contributed by atoms with E-state index in [2.05, 4.69) is 10.4 Å². The van der Waals surface area contributed by atoms with E-state index in [4.69, 9.17) is 16.9 Å². The van der Waals surface area contributed by atoms with Crippen molar-refractivity contribution in [1.82, 2.24) is 9.78 Å². The van der Waals surface area contributed by atoms with E-state index in [0.29, 0.717) is 28.5 Å². The van der Waals surface area contributed by atoms with Gasteiger partial charge in [0.05, 0.1) is 16.3 Å². The fourth-order valence-corrected chi connectivity index (χ4v) is 2.19. The SMILES string of the molecule is CCn1nc(C(C)C)cc1C(=O)Nc1ccc(Cl)c(C#N)c1. The van der Waals surface area contributed by atoms with E-state index < -0.39 is 0 Å². The maximum absolute atomic E-state index is 12.4. The van der Waals surface area contributed by atoms with Crippen LogP contribution in [0.15, 0.2) is 24.3 Å². The lowest BCUT2D eigenvalue weighted by atomic mass is 10.1. The molecule has 114 valence electrons. The van der Waals surface area contributed by atoms with Crippen LogP contribution >= 0.6 is 11.6 Å². The molecule has 0 spiro atoms. The lowest BCUT2D eigenvalue weighted by Crippen LogP contribution is -2.17. The molecule has 0 radical (unpaired) electrons. The first kappa shape index (κ1) is 16.1. The molecule has 0 saturated carbocycles. The Morgan fingerprint density at radius 2 is 2.18 bits per heavy atom. The van der Waals surface area contributed by atoms with Gasteiger partial charge in [0.2, 0.25) is 0 Å². The number of hydrogen-bond acceptors (Lipinski definition) is 3. The van der Waals surface area contributed by atoms with Crippen molar-refractivity contribution >= 4 is 23.2 Å². The number of aryl methyl sites for hydroxylation is 1. The fourth-order valence-electron chi connectivity index (χ4n) is 2.03. The molecule has 1 N–H and O–H groups in total. The second kappa shape index (κ2) is 6.63. The van der Waals surface area contributed by atoms with E-state index in [0.717, 1.165) is 5.69 Å². The zero-order chi connectivity index (χ0) is 16.3. The molecule has 0 aliphatic rings. The molecule has 0 aliphatic carbocycles. The fraction of sp³-hybridized carbons (Fsp3) is 0.312. The Labute approximate surface area is 134 Å². The molecule has 0 aliphatic heterocycles. The van der Waals surface area contributed by atoms with Crippen LogP contribution in [0.2, 0.25) is 5.02 Å². The van der Waals surface area contributed by atoms with Crippen molar-refractivity contribution in [3.63, 3.8) is 0 Å². The zero-order valence-corrected chi connectivity index (χ0v) is 13.5. The largest absolute Gasteiger partial charge is 0.321 e. The molecule has 2 aromatic rings. The third-order valence-electron chi connectivity index (χ3n) is 3.27. The molecule has 1 aromatic heterocycles. The van der Waals surface area contributed by atoms with E-state index in [9.17, 15) is 4.79 Å². The summed E-state index contributed by atoms with van der Waals surface area (Å²) in [4.78, 5) is 12.4. The van der Waals surface area contributed by atoms with Crippen LogP contribution in [0.3, 0.4) is 0 Å². The molecular formula is C16H17ClN4O. The Balaban J connectivity index is 2.28. The number of anilines is 1. The van der Waals surface area contributed by atoms with E-state index >= 15 is 0 Å². The molecule has 1 amide bonds. The third-order valence-corrected chi connectivity index (χ3v) is 3.60. The highest BCUT2D eigenvalue weighted by Gasteiger charge is 2.16. The van der Waals surface area contributed by atoms with Gasteiger partial charge in [-0.15, -0.1) is 0 Å². The Morgan fingerprint density at radius 1 is 1.45 bits per heavy atom. The van der Waals surface area contributed by atoms with Crippen molar-refractivity contribution in [3.05, 3.63) is 46.2 Å². The van der Waals surface area contributed by atoms with Crippen molar-refractivity contribution in [2.75, 3.05) is 5.32 Å². The molecule has 1 heterocycles. The predicted molar refractivity (Wildman–Crippen MR) is 86.1 cm³/mol. The Bertz CT molecular complexity index is 743. The van der Waals surface area contributed by atoms with Crippen LogP contribution in [0.25, 0.3) is 0 Å². The van der Waals surface area contributed by atoms with Gasteiger partial charge in [-0.05, 0) is 37.1 Å². The standard InChI is InChI=1S/C16H17ClN4O/c1-4-21-15(8-14(20-21)10(2)3)16(22)19-12-5-6-13(17)11(7-12)9-18/h5-8,10H,4H2,1-3H3,(H,19,22). The molecule has 0 unspecified atom stereocenters. The van der Waals surface area contributed by atoms with Crippen LogP contribution in [-0.4, -0.2) is 15.7 Å². The number of nitriles is 1. The number of hydrogen-bond donors (Lipinski definition) is 1. The van der Waals surface area contributed by atoms with Crippen molar-refractivity contribution in [2.24, 2.45) is 0 Å². The van der Waals surface area contributed by atoms with Gasteiger partial charge in [0, 0.05) is 12.2 Å². The van der Waals surface area contributed by atoms with Gasteiger partial charge >= 0.3 is 0 Å². The molecular weight excluding hydrogens is 300 g/mol. The average molecular weight is 317 g/mol. The van der Waals surface area contributed by atoms with E-state index in [-0.39, 0.29) is 11.8 Å². The number of amides is 1. The summed E-state index contributed by atoms with van der Waals surface area (Å²) in [6, 6.07) is 8.59. The van der Waals surface area contributed by atoms with Gasteiger partial charge in [-0.1, -0.05) is 25.4 Å². The second-order valence-corrected chi connectivity index (χ2v) is 5.59. The molecule has 1 aromatic carbocycles. The van der Waals surface area contributed by atoms with Gasteiger partial charge in [-0.3, -0.25) is 9.48 Å². The summed E-state index contributed by atoms with van der Waals surface area (Å²) in [5.41, 5.74) is 2.23. The summed E-state index contributed by atoms with van der Waals surface area (Å²) in [6.07, 6.45) is 0. The Hall–Kier alpha value is -2.32. The molecule has 0 atom stereocenters. The topological polar surface area (TPSA) is 70.7 Å². The molecule has 6 heteroatoms. The van der Waals surface area contributed by atoms with E-state index in [1.165, 1.54) is 0 Å². The normalized spacial score (nSPS) is 10.5. The van der Waals surface area contributed by atoms with Gasteiger partial charge in [0.1, 0.15) is 11.8 Å². The highest BCUT2D eigenvalue weighted by molar-refractivity contribution is 6.31. The number of carbonyl (C=O) groups excluding carboxylic acids is 1. The van der Waals surface area contributed by atoms with Crippen LogP contribution in [-0.2, 0) is 6.54 Å². The minimum atomic E-state index is -0.257. The maximum atomic E-state index is 12.4. The first-order chi connectivity index (χ1) is 10.5. The average Bonchev–Trinajstić information content (AvgIpc) is 2.93. The smallest absolute Gasteiger partial charge is 0.273 e. The summed E-state index contributed by atoms with van der Waals surface area (Å²) < 4.78 is 1.67. The molecule has 5 nitrogen and oxygen atoms in total. The number of aromatic nitrogens is 2. The molecule has 0 fully saturated rings. The van der Waals surface area contributed by atoms with Gasteiger partial charge in [0.15, 0.2) is 0 Å². The molecule has 0 bridgehead atoms. The first-order valence-electron chi connectivity index (χ1n) is 7.05. The van der Waals surface area contributed by atoms with Crippen LogP contribution < -0.4 is 5.32 Å². The van der Waals surface area contributed by atoms with Gasteiger partial charge < -0.3 is 5.32 Å². The number of carbonyl (C=O) groups is 1. The minimum Gasteiger partial charge on any atom is -0.321 e. The van der Waals surface area contributed by atoms with Crippen LogP contribution in [0.5, 0.6) is 0 Å². The highest BCUT2D eigenvalue weighted by atomic mass is 35.5. The quantitative estimate of drug-likeness (QED) is 0.932. The number of halogens is 1. The van der Waals surface area contributed by atoms with E-state index in [1.54, 1.807) is 28.9 Å². The Kier molecular flexibility index (Phi) is 4.84. The summed E-state index contributed by atoms with van der Waals surface area (Å²) in [6.45, 7) is 6.61. The summed E-state index contributed by atoms with van der Waals surface area (Å²) in [7, 11) is 0. The zero-order valence-electron chi connectivity index (χ0n) is 12.7. The van der Waals surface area contributed by atoms with Crippen molar-refractivity contribution < 1.29 is 4.79 Å². The first-order valence-corrected chi connectivity index (χ1v) is 7.42. The lowest BCUT2D eigenvalue weighted by Gasteiger charge is -2.07. The van der Waals surface area contributed by atoms with Crippen LogP contribution in [0.1, 0.15) is 48.4 Å². The second-order valence-electron chi connectivity index (χ2n) is 5.19. The number of nitrogens with one attached hydrogen (secondary N) is 1. The summed E-state index contributed by atoms with van der Waals surface area (Å²) in [5.74, 6) is -0.00691. The molecule has 22 heavy (non-hydrogen) atoms. The van der Waals surface area contributed by atoms with Gasteiger partial charge in [0.25, 0.3) is 5.91 Å². The number of rotatable bonds is 4. The van der Waals surface area contributed by atoms with Crippen LogP contribution in [0, 0.1) is 11.3 Å². The molecule has 0 saturated heterocycles. The Morgan fingerprint density at radius 3 is 2.77 bits per heavy atom. The summed E-state index contributed by atoms with van der Waals surface area (Å²) >= 11 is 5.89. The van der Waals surface area contributed by atoms with Crippen molar-refractivity contribution in [1.29, 1.82) is 5.26 Å². The third kappa shape index (κ3) is 3.29. The lowest BCUT2D eigenvalue weighted by molar-refractivity contribution is 0.101. The maximum Gasteiger partial charge on any atom is 0.273 e. The summed E-state index contributed by atoms with van der Waals surface area (Å²) in [5, 5.41) is 16.5. The van der Waals surface area contributed by atoms with Crippen LogP contribution in [0.4, 0.5) is 5.69 Å². The predicted octanol–water partition coefficient (Wildman–Crippen LogP) is 3.80. The highest BCUT2D eigenvalue weighted by Crippen LogP contribution is 2.21. The van der Waals surface area contributed by atoms with Crippen molar-refractivity contribution in [3.8, 4) is 6.07 Å². The van der Waals surface area contributed by atoms with Gasteiger partial charge in [-0.2, -0.15) is 10.4 Å². The number of nitrogens with zero attached hydrogens (tertiary/aromatic N) is 3. The van der Waals surface area contributed by atoms with Gasteiger partial charge in [-0.25, -0.2) is 0 Å². The number of benzene rings is 1. The monoisotopic (exact) mass is 316 g/mol. The van der Waals surface area contributed by atoms with Crippen molar-refractivity contribution in [2.45, 2.75) is 33.2 Å². The minimum absolute atomic E-state index is 0.250.